The molecule has 1 aromatic carbocycles. The summed E-state index contributed by atoms with van der Waals surface area (Å²) in [7, 11) is -3.86. The second-order valence-electron chi connectivity index (χ2n) is 10.8. The number of hydrogen-bond donors (Lipinski definition) is 3. The van der Waals surface area contributed by atoms with Gasteiger partial charge in [0.15, 0.2) is 0 Å². The minimum absolute atomic E-state index is 0.0386. The first-order valence-corrected chi connectivity index (χ1v) is 16.0. The topological polar surface area (TPSA) is 139 Å². The van der Waals surface area contributed by atoms with Gasteiger partial charge in [0.25, 0.3) is 0 Å². The maximum Gasteiger partial charge on any atom is 0.317 e. The zero-order valence-corrected chi connectivity index (χ0v) is 24.9. The molecule has 0 spiro atoms. The van der Waals surface area contributed by atoms with Crippen molar-refractivity contribution >= 4 is 16.0 Å². The Morgan fingerprint density at radius 3 is 1.80 bits per heavy atom. The third kappa shape index (κ3) is 8.48. The highest BCUT2D eigenvalue weighted by Gasteiger charge is 2.30. The first-order chi connectivity index (χ1) is 19.8. The van der Waals surface area contributed by atoms with Crippen LogP contribution in [0.4, 0.5) is 0 Å². The normalized spacial score (nSPS) is 18.0. The lowest BCUT2D eigenvalue weighted by Gasteiger charge is -2.40. The molecular weight excluding hydrogens is 542 g/mol. The average molecular weight is 586 g/mol. The lowest BCUT2D eigenvalue weighted by Crippen LogP contribution is -2.45. The Balaban J connectivity index is 1.45. The predicted octanol–water partition coefficient (Wildman–Crippen LogP) is 3.84. The van der Waals surface area contributed by atoms with Crippen LogP contribution in [0.2, 0.25) is 0 Å². The summed E-state index contributed by atoms with van der Waals surface area (Å²) in [6.07, 6.45) is 12.8. The number of nitrogens with zero attached hydrogens (tertiary/aromatic N) is 5. The molecule has 12 heteroatoms. The summed E-state index contributed by atoms with van der Waals surface area (Å²) in [6.45, 7) is 7.21. The molecule has 1 aliphatic carbocycles. The van der Waals surface area contributed by atoms with Crippen LogP contribution in [-0.4, -0.2) is 85.3 Å². The molecule has 1 fully saturated rings. The Morgan fingerprint density at radius 1 is 0.854 bits per heavy atom. The van der Waals surface area contributed by atoms with Crippen molar-refractivity contribution < 1.29 is 18.3 Å². The van der Waals surface area contributed by atoms with E-state index in [4.69, 9.17) is 0 Å². The number of benzene rings is 1. The van der Waals surface area contributed by atoms with Crippen LogP contribution in [0.15, 0.2) is 53.9 Å². The number of carboxylic acid groups (broad SMARTS) is 1. The van der Waals surface area contributed by atoms with Crippen LogP contribution in [0, 0.1) is 0 Å². The van der Waals surface area contributed by atoms with Crippen molar-refractivity contribution in [3.63, 3.8) is 0 Å². The fraction of sp³-hybridized carbons (Fsp3) is 0.552. The van der Waals surface area contributed by atoms with Crippen LogP contribution >= 0.6 is 0 Å². The summed E-state index contributed by atoms with van der Waals surface area (Å²) in [4.78, 5) is 30.9. The Labute approximate surface area is 243 Å². The van der Waals surface area contributed by atoms with Gasteiger partial charge in [-0.25, -0.2) is 18.4 Å². The molecule has 0 bridgehead atoms. The van der Waals surface area contributed by atoms with Gasteiger partial charge < -0.3 is 20.0 Å². The molecule has 41 heavy (non-hydrogen) atoms. The van der Waals surface area contributed by atoms with Crippen molar-refractivity contribution in [3.05, 3.63) is 66.3 Å². The second kappa shape index (κ2) is 14.7. The quantitative estimate of drug-likeness (QED) is 0.231. The van der Waals surface area contributed by atoms with Crippen molar-refractivity contribution in [2.75, 3.05) is 19.6 Å². The molecule has 0 amide bonds. The van der Waals surface area contributed by atoms with Crippen molar-refractivity contribution in [2.45, 2.75) is 89.0 Å². The maximum absolute atomic E-state index is 13.6. The number of carboxylic acids is 1. The van der Waals surface area contributed by atoms with E-state index < -0.39 is 16.0 Å². The molecule has 3 N–H and O–H groups in total. The number of carbonyl (C=O) groups is 1. The smallest absolute Gasteiger partial charge is 0.317 e. The molecule has 0 aliphatic heterocycles. The van der Waals surface area contributed by atoms with Crippen molar-refractivity contribution in [2.24, 2.45) is 0 Å². The summed E-state index contributed by atoms with van der Waals surface area (Å²) >= 11 is 0. The number of H-pyrrole nitrogens is 2. The van der Waals surface area contributed by atoms with Gasteiger partial charge in [0, 0.05) is 43.4 Å². The minimum Gasteiger partial charge on any atom is -0.480 e. The highest BCUT2D eigenvalue weighted by molar-refractivity contribution is 7.89. The van der Waals surface area contributed by atoms with Crippen LogP contribution in [-0.2, 0) is 34.5 Å². The van der Waals surface area contributed by atoms with Crippen molar-refractivity contribution in [1.29, 1.82) is 0 Å². The molecule has 0 unspecified atom stereocenters. The second-order valence-corrected chi connectivity index (χ2v) is 12.7. The summed E-state index contributed by atoms with van der Waals surface area (Å²) in [6, 6.07) is 7.53. The highest BCUT2D eigenvalue weighted by atomic mass is 32.2. The van der Waals surface area contributed by atoms with Gasteiger partial charge in [-0.1, -0.05) is 26.0 Å². The number of nitrogens with one attached hydrogen (secondary N) is 2. The molecule has 1 aliphatic rings. The van der Waals surface area contributed by atoms with Gasteiger partial charge in [-0.05, 0) is 69.3 Å². The lowest BCUT2D eigenvalue weighted by atomic mass is 9.88. The van der Waals surface area contributed by atoms with Gasteiger partial charge in [0.05, 0.1) is 24.5 Å². The fourth-order valence-corrected chi connectivity index (χ4v) is 7.17. The number of imidazole rings is 2. The van der Waals surface area contributed by atoms with Gasteiger partial charge in [-0.15, -0.1) is 0 Å². The van der Waals surface area contributed by atoms with Crippen LogP contribution in [0.1, 0.15) is 69.6 Å². The van der Waals surface area contributed by atoms with Gasteiger partial charge >= 0.3 is 5.97 Å². The van der Waals surface area contributed by atoms with Gasteiger partial charge in [0.1, 0.15) is 11.6 Å². The molecule has 4 rings (SSSR count). The van der Waals surface area contributed by atoms with Crippen molar-refractivity contribution in [3.8, 4) is 0 Å². The van der Waals surface area contributed by atoms with E-state index in [-0.39, 0.29) is 30.6 Å². The molecule has 0 atom stereocenters. The van der Waals surface area contributed by atoms with Crippen LogP contribution < -0.4 is 0 Å². The number of hydrogen-bond acceptors (Lipinski definition) is 7. The third-order valence-electron chi connectivity index (χ3n) is 7.77. The molecule has 2 aromatic heterocycles. The Bertz CT molecular complexity index is 1250. The SMILES string of the molecule is CCCN(CCC)C1CCC(N(CC(=O)O)Cc2ccc(S(=O)(=O)N(Cc3ncc[nH]3)Cc3ncc[nH]3)cc2)CC1. The van der Waals surface area contributed by atoms with E-state index in [1.54, 1.807) is 49.1 Å². The summed E-state index contributed by atoms with van der Waals surface area (Å²) in [5.74, 6) is 0.211. The average Bonchev–Trinajstić information content (AvgIpc) is 3.67. The fourth-order valence-electron chi connectivity index (χ4n) is 5.81. The first kappa shape index (κ1) is 30.9. The van der Waals surface area contributed by atoms with E-state index >= 15 is 0 Å². The number of rotatable bonds is 16. The van der Waals surface area contributed by atoms with E-state index in [0.29, 0.717) is 24.2 Å². The van der Waals surface area contributed by atoms with E-state index in [1.165, 1.54) is 4.31 Å². The standard InChI is InChI=1S/C29H43N7O4S/c1-3-17-34(18-4-2)24-7-9-25(10-8-24)35(22-29(37)38)19-23-5-11-26(12-6-23)41(39,40)36(20-27-30-13-14-31-27)21-28-32-15-16-33-28/h5-6,11-16,24-25H,3-4,7-10,17-22H2,1-2H3,(H,30,31)(H,32,33)(H,37,38). The molecule has 3 aromatic rings. The van der Waals surface area contributed by atoms with Crippen LogP contribution in [0.25, 0.3) is 0 Å². The monoisotopic (exact) mass is 585 g/mol. The molecular formula is C29H43N7O4S. The molecule has 0 saturated heterocycles. The Morgan fingerprint density at radius 2 is 1.37 bits per heavy atom. The van der Waals surface area contributed by atoms with Crippen LogP contribution in [0.5, 0.6) is 0 Å². The number of aromatic amines is 2. The Hall–Kier alpha value is -3.06. The number of aliphatic carboxylic acids is 1. The van der Waals surface area contributed by atoms with E-state index in [1.807, 2.05) is 4.90 Å². The molecule has 1 saturated carbocycles. The van der Waals surface area contributed by atoms with E-state index in [2.05, 4.69) is 38.7 Å². The Kier molecular flexibility index (Phi) is 11.1. The zero-order chi connectivity index (χ0) is 29.2. The highest BCUT2D eigenvalue weighted by Crippen LogP contribution is 2.28. The molecule has 224 valence electrons. The van der Waals surface area contributed by atoms with Crippen LogP contribution in [0.3, 0.4) is 0 Å². The molecule has 11 nitrogen and oxygen atoms in total. The third-order valence-corrected chi connectivity index (χ3v) is 9.57. The summed E-state index contributed by atoms with van der Waals surface area (Å²) < 4.78 is 28.6. The number of aromatic nitrogens is 4. The van der Waals surface area contributed by atoms with E-state index in [9.17, 15) is 18.3 Å². The van der Waals surface area contributed by atoms with Gasteiger partial charge in [-0.3, -0.25) is 9.69 Å². The minimum atomic E-state index is -3.86. The largest absolute Gasteiger partial charge is 0.480 e. The van der Waals surface area contributed by atoms with Crippen molar-refractivity contribution in [1.82, 2.24) is 34.0 Å². The lowest BCUT2D eigenvalue weighted by molar-refractivity contribution is -0.139. The summed E-state index contributed by atoms with van der Waals surface area (Å²) in [5, 5.41) is 9.65. The van der Waals surface area contributed by atoms with Gasteiger partial charge in [0.2, 0.25) is 10.0 Å². The maximum atomic E-state index is 13.6. The van der Waals surface area contributed by atoms with Gasteiger partial charge in [-0.2, -0.15) is 4.31 Å². The first-order valence-electron chi connectivity index (χ1n) is 14.6. The predicted molar refractivity (Wildman–Crippen MR) is 156 cm³/mol. The van der Waals surface area contributed by atoms with E-state index in [0.717, 1.165) is 57.2 Å². The summed E-state index contributed by atoms with van der Waals surface area (Å²) in [5.41, 5.74) is 0.884. The molecule has 2 heterocycles. The zero-order valence-electron chi connectivity index (χ0n) is 24.1. The molecule has 0 radical (unpaired) electrons. The number of sulfonamides is 1.